The van der Waals surface area contributed by atoms with Crippen LogP contribution in [-0.4, -0.2) is 47.9 Å². The van der Waals surface area contributed by atoms with Gasteiger partial charge in [-0.25, -0.2) is 0 Å². The fraction of sp³-hybridized carbons (Fsp3) is 0.909. The van der Waals surface area contributed by atoms with Crippen molar-refractivity contribution in [2.45, 2.75) is 40.4 Å². The summed E-state index contributed by atoms with van der Waals surface area (Å²) in [6.07, 6.45) is 0. The Morgan fingerprint density at radius 2 is 1.67 bits per heavy atom. The van der Waals surface area contributed by atoms with E-state index in [4.69, 9.17) is 14.3 Å². The first-order chi connectivity index (χ1) is 8.50. The van der Waals surface area contributed by atoms with Crippen molar-refractivity contribution in [2.75, 3.05) is 26.3 Å². The molecule has 0 heterocycles. The maximum absolute atomic E-state index is 12.8. The molecule has 108 valence electrons. The molecule has 0 bridgehead atoms. The standard InChI is InChI=1S/C11H25N2O4P/c1-6-13(7-2)11(10(5)12-14)18(15,16-8-3)17-9-4/h11,14H,6-9H2,1-5H3/b12-10+. The van der Waals surface area contributed by atoms with Gasteiger partial charge in [-0.2, -0.15) is 0 Å². The Hall–Kier alpha value is -0.420. The zero-order valence-electron chi connectivity index (χ0n) is 11.9. The van der Waals surface area contributed by atoms with E-state index in [0.29, 0.717) is 18.8 Å². The fourth-order valence-electron chi connectivity index (χ4n) is 1.85. The van der Waals surface area contributed by atoms with E-state index >= 15 is 0 Å². The molecule has 0 aliphatic heterocycles. The van der Waals surface area contributed by atoms with E-state index in [1.165, 1.54) is 0 Å². The summed E-state index contributed by atoms with van der Waals surface area (Å²) in [6, 6.07) is 0. The Kier molecular flexibility index (Phi) is 8.44. The van der Waals surface area contributed by atoms with E-state index in [1.807, 2.05) is 18.7 Å². The molecule has 1 unspecified atom stereocenters. The second-order valence-electron chi connectivity index (χ2n) is 3.71. The average molecular weight is 280 g/mol. The second-order valence-corrected chi connectivity index (χ2v) is 5.80. The van der Waals surface area contributed by atoms with Crippen molar-refractivity contribution in [1.29, 1.82) is 0 Å². The van der Waals surface area contributed by atoms with Crippen molar-refractivity contribution in [2.24, 2.45) is 5.16 Å². The molecule has 0 fully saturated rings. The predicted octanol–water partition coefficient (Wildman–Crippen LogP) is 2.77. The number of nitrogens with zero attached hydrogens (tertiary/aromatic N) is 2. The van der Waals surface area contributed by atoms with Crippen molar-refractivity contribution in [1.82, 2.24) is 4.90 Å². The molecule has 0 aliphatic carbocycles. The predicted molar refractivity (Wildman–Crippen MR) is 72.5 cm³/mol. The van der Waals surface area contributed by atoms with Crippen LogP contribution in [0.5, 0.6) is 0 Å². The molecule has 18 heavy (non-hydrogen) atoms. The van der Waals surface area contributed by atoms with Crippen LogP contribution in [0.3, 0.4) is 0 Å². The van der Waals surface area contributed by atoms with Gasteiger partial charge in [-0.3, -0.25) is 9.46 Å². The highest BCUT2D eigenvalue weighted by Gasteiger charge is 2.41. The zero-order valence-corrected chi connectivity index (χ0v) is 12.8. The summed E-state index contributed by atoms with van der Waals surface area (Å²) in [4.78, 5) is 1.90. The zero-order chi connectivity index (χ0) is 14.2. The van der Waals surface area contributed by atoms with Gasteiger partial charge in [-0.15, -0.1) is 0 Å². The van der Waals surface area contributed by atoms with Gasteiger partial charge in [0.25, 0.3) is 0 Å². The Bertz CT molecular complexity index is 295. The van der Waals surface area contributed by atoms with Gasteiger partial charge in [-0.1, -0.05) is 19.0 Å². The van der Waals surface area contributed by atoms with Crippen molar-refractivity contribution in [3.63, 3.8) is 0 Å². The van der Waals surface area contributed by atoms with E-state index < -0.39 is 13.4 Å². The molecule has 0 radical (unpaired) electrons. The van der Waals surface area contributed by atoms with Gasteiger partial charge in [0.1, 0.15) is 0 Å². The SMILES string of the molecule is CCOP(=O)(OCC)C(/C(C)=N/O)N(CC)CC. The molecule has 0 rings (SSSR count). The topological polar surface area (TPSA) is 71.4 Å². The summed E-state index contributed by atoms with van der Waals surface area (Å²) >= 11 is 0. The lowest BCUT2D eigenvalue weighted by molar-refractivity contribution is 0.185. The van der Waals surface area contributed by atoms with Crippen LogP contribution in [0.4, 0.5) is 0 Å². The van der Waals surface area contributed by atoms with E-state index in [-0.39, 0.29) is 13.2 Å². The van der Waals surface area contributed by atoms with E-state index in [2.05, 4.69) is 5.16 Å². The molecule has 7 heteroatoms. The largest absolute Gasteiger partial charge is 0.411 e. The normalized spacial score (nSPS) is 15.1. The fourth-order valence-corrected chi connectivity index (χ4v) is 4.17. The van der Waals surface area contributed by atoms with Gasteiger partial charge in [-0.05, 0) is 33.9 Å². The molecule has 1 N–H and O–H groups in total. The molecule has 0 saturated heterocycles. The lowest BCUT2D eigenvalue weighted by atomic mass is 10.3. The summed E-state index contributed by atoms with van der Waals surface area (Å²) in [7, 11) is -3.36. The first-order valence-electron chi connectivity index (χ1n) is 6.31. The monoisotopic (exact) mass is 280 g/mol. The maximum Gasteiger partial charge on any atom is 0.353 e. The average Bonchev–Trinajstić information content (AvgIpc) is 2.35. The Balaban J connectivity index is 5.42. The van der Waals surface area contributed by atoms with Gasteiger partial charge in [0.05, 0.1) is 18.9 Å². The highest BCUT2D eigenvalue weighted by Crippen LogP contribution is 2.54. The van der Waals surface area contributed by atoms with Gasteiger partial charge in [0.2, 0.25) is 0 Å². The van der Waals surface area contributed by atoms with Gasteiger partial charge < -0.3 is 14.3 Å². The smallest absolute Gasteiger partial charge is 0.353 e. The molecule has 0 aromatic carbocycles. The van der Waals surface area contributed by atoms with Crippen LogP contribution >= 0.6 is 7.60 Å². The van der Waals surface area contributed by atoms with Crippen LogP contribution in [0, 0.1) is 0 Å². The Morgan fingerprint density at radius 1 is 1.22 bits per heavy atom. The number of hydrogen-bond acceptors (Lipinski definition) is 6. The van der Waals surface area contributed by atoms with E-state index in [0.717, 1.165) is 0 Å². The van der Waals surface area contributed by atoms with Crippen LogP contribution in [0.1, 0.15) is 34.6 Å². The lowest BCUT2D eigenvalue weighted by Gasteiger charge is -2.33. The third-order valence-corrected chi connectivity index (χ3v) is 5.14. The molecule has 0 saturated carbocycles. The minimum Gasteiger partial charge on any atom is -0.411 e. The third-order valence-electron chi connectivity index (χ3n) is 2.61. The molecule has 0 aromatic rings. The molecular formula is C11H25N2O4P. The molecule has 0 amide bonds. The van der Waals surface area contributed by atoms with Gasteiger partial charge in [0, 0.05) is 0 Å². The van der Waals surface area contributed by atoms with Crippen LogP contribution in [0.15, 0.2) is 5.16 Å². The van der Waals surface area contributed by atoms with Crippen molar-refractivity contribution >= 4 is 13.3 Å². The molecule has 6 nitrogen and oxygen atoms in total. The minimum atomic E-state index is -3.36. The minimum absolute atomic E-state index is 0.285. The van der Waals surface area contributed by atoms with Crippen molar-refractivity contribution in [3.8, 4) is 0 Å². The van der Waals surface area contributed by atoms with Crippen LogP contribution in [0.2, 0.25) is 0 Å². The molecule has 0 aromatic heterocycles. The first-order valence-corrected chi connectivity index (χ1v) is 7.93. The summed E-state index contributed by atoms with van der Waals surface area (Å²) < 4.78 is 23.5. The van der Waals surface area contributed by atoms with Crippen LogP contribution in [-0.2, 0) is 13.6 Å². The number of oxime groups is 1. The van der Waals surface area contributed by atoms with Gasteiger partial charge >= 0.3 is 7.60 Å². The summed E-state index contributed by atoms with van der Waals surface area (Å²) in [5.74, 6) is -0.641. The quantitative estimate of drug-likeness (QED) is 0.304. The summed E-state index contributed by atoms with van der Waals surface area (Å²) in [5, 5.41) is 12.2. The highest BCUT2D eigenvalue weighted by molar-refractivity contribution is 7.55. The molecular weight excluding hydrogens is 255 g/mol. The molecule has 1 atom stereocenters. The summed E-state index contributed by atoms with van der Waals surface area (Å²) in [6.45, 7) is 10.9. The third kappa shape index (κ3) is 4.35. The summed E-state index contributed by atoms with van der Waals surface area (Å²) in [5.41, 5.74) is 0.337. The highest BCUT2D eigenvalue weighted by atomic mass is 31.2. The maximum atomic E-state index is 12.8. The van der Waals surface area contributed by atoms with E-state index in [1.54, 1.807) is 20.8 Å². The number of rotatable bonds is 9. The van der Waals surface area contributed by atoms with E-state index in [9.17, 15) is 4.57 Å². The Morgan fingerprint density at radius 3 is 1.94 bits per heavy atom. The molecule has 0 spiro atoms. The lowest BCUT2D eigenvalue weighted by Crippen LogP contribution is -2.41. The van der Waals surface area contributed by atoms with Crippen LogP contribution in [0.25, 0.3) is 0 Å². The van der Waals surface area contributed by atoms with Gasteiger partial charge in [0.15, 0.2) is 5.78 Å². The first kappa shape index (κ1) is 17.6. The van der Waals surface area contributed by atoms with Crippen molar-refractivity contribution < 1.29 is 18.8 Å². The second kappa shape index (κ2) is 8.64. The number of hydrogen-bond donors (Lipinski definition) is 1. The van der Waals surface area contributed by atoms with Crippen molar-refractivity contribution in [3.05, 3.63) is 0 Å². The van der Waals surface area contributed by atoms with Crippen LogP contribution < -0.4 is 0 Å². The molecule has 0 aliphatic rings. The Labute approximate surface area is 109 Å².